The van der Waals surface area contributed by atoms with Gasteiger partial charge in [-0.1, -0.05) is 17.7 Å². The Kier molecular flexibility index (Phi) is 3.33. The Morgan fingerprint density at radius 2 is 1.86 bits per heavy atom. The molecule has 1 aromatic rings. The number of esters is 2. The van der Waals surface area contributed by atoms with Gasteiger partial charge in [0, 0.05) is 0 Å². The van der Waals surface area contributed by atoms with Crippen molar-refractivity contribution in [2.24, 2.45) is 0 Å². The number of benzene rings is 1. The lowest BCUT2D eigenvalue weighted by molar-refractivity contribution is -0.100. The molecule has 1 fully saturated rings. The van der Waals surface area contributed by atoms with Gasteiger partial charge in [-0.05, 0) is 18.2 Å². The maximum absolute atomic E-state index is 13.9. The quantitative estimate of drug-likeness (QED) is 0.541. The third-order valence-electron chi connectivity index (χ3n) is 3.26. The average Bonchev–Trinajstić information content (AvgIpc) is 2.67. The average molecular weight is 319 g/mol. The molecule has 2 aliphatic rings. The third kappa shape index (κ3) is 2.36. The van der Waals surface area contributed by atoms with Gasteiger partial charge in [-0.15, -0.1) is 0 Å². The molecule has 5 nitrogen and oxygen atoms in total. The van der Waals surface area contributed by atoms with Crippen molar-refractivity contribution in [3.63, 3.8) is 0 Å². The van der Waals surface area contributed by atoms with E-state index in [9.17, 15) is 18.4 Å². The van der Waals surface area contributed by atoms with Crippen molar-refractivity contribution < 1.29 is 32.6 Å². The molecule has 0 radical (unpaired) electrons. The molecule has 8 heteroatoms. The van der Waals surface area contributed by atoms with Crippen LogP contribution in [-0.4, -0.2) is 42.2 Å². The highest BCUT2D eigenvalue weighted by atomic mass is 35.5. The van der Waals surface area contributed by atoms with Crippen molar-refractivity contribution in [3.05, 3.63) is 35.4 Å². The van der Waals surface area contributed by atoms with Crippen LogP contribution in [0.4, 0.5) is 8.78 Å². The Balaban J connectivity index is 1.99. The van der Waals surface area contributed by atoms with E-state index >= 15 is 0 Å². The van der Waals surface area contributed by atoms with Crippen LogP contribution in [0.3, 0.4) is 0 Å². The Bertz CT molecular complexity index is 606. The van der Waals surface area contributed by atoms with E-state index in [0.717, 1.165) is 0 Å². The standard InChI is InChI=1S/C13H9ClF2O5/c14-12-13(15,16)9-8(20-12)5-19-10(17)6-2-1-3-7(4-6)11(18)21-9/h1-4,8-9,12H,5H2/t8-,9-,12+/m1/s1. The second-order valence-electron chi connectivity index (χ2n) is 4.67. The molecule has 0 unspecified atom stereocenters. The van der Waals surface area contributed by atoms with E-state index in [-0.39, 0.29) is 11.1 Å². The summed E-state index contributed by atoms with van der Waals surface area (Å²) < 4.78 is 42.3. The second kappa shape index (κ2) is 4.92. The summed E-state index contributed by atoms with van der Waals surface area (Å²) in [5, 5.41) is 0. The van der Waals surface area contributed by atoms with E-state index in [0.29, 0.717) is 0 Å². The Hall–Kier alpha value is -1.73. The highest BCUT2D eigenvalue weighted by Gasteiger charge is 2.61. The van der Waals surface area contributed by atoms with Gasteiger partial charge in [0.15, 0.2) is 11.7 Å². The first-order chi connectivity index (χ1) is 9.89. The maximum Gasteiger partial charge on any atom is 0.338 e. The summed E-state index contributed by atoms with van der Waals surface area (Å²) in [6, 6.07) is 5.44. The molecule has 21 heavy (non-hydrogen) atoms. The molecular formula is C13H9ClF2O5. The smallest absolute Gasteiger partial charge is 0.338 e. The molecule has 2 heterocycles. The number of hydrogen-bond acceptors (Lipinski definition) is 5. The molecule has 0 aliphatic carbocycles. The first-order valence-electron chi connectivity index (χ1n) is 6.05. The molecule has 1 saturated heterocycles. The van der Waals surface area contributed by atoms with Gasteiger partial charge < -0.3 is 14.2 Å². The lowest BCUT2D eigenvalue weighted by atomic mass is 10.1. The molecule has 2 aliphatic heterocycles. The van der Waals surface area contributed by atoms with Crippen molar-refractivity contribution >= 4 is 23.5 Å². The van der Waals surface area contributed by atoms with Crippen LogP contribution in [0.2, 0.25) is 0 Å². The van der Waals surface area contributed by atoms with Crippen LogP contribution < -0.4 is 0 Å². The lowest BCUT2D eigenvalue weighted by Crippen LogP contribution is -2.43. The highest BCUT2D eigenvalue weighted by molar-refractivity contribution is 6.20. The number of ether oxygens (including phenoxy) is 3. The van der Waals surface area contributed by atoms with E-state index in [1.165, 1.54) is 24.3 Å². The summed E-state index contributed by atoms with van der Waals surface area (Å²) in [6.45, 7) is -0.486. The number of fused-ring (bicyclic) bond motifs is 3. The Labute approximate surface area is 122 Å². The zero-order valence-electron chi connectivity index (χ0n) is 10.4. The molecule has 0 spiro atoms. The summed E-state index contributed by atoms with van der Waals surface area (Å²) in [4.78, 5) is 23.7. The third-order valence-corrected chi connectivity index (χ3v) is 3.65. The van der Waals surface area contributed by atoms with Crippen LogP contribution in [0.15, 0.2) is 24.3 Å². The number of alkyl halides is 3. The number of carbonyl (C=O) groups excluding carboxylic acids is 2. The molecule has 112 valence electrons. The maximum atomic E-state index is 13.9. The van der Waals surface area contributed by atoms with E-state index in [1.54, 1.807) is 0 Å². The summed E-state index contributed by atoms with van der Waals surface area (Å²) in [5.41, 5.74) is -1.86. The summed E-state index contributed by atoms with van der Waals surface area (Å²) in [7, 11) is 0. The van der Waals surface area contributed by atoms with Gasteiger partial charge in [0.2, 0.25) is 0 Å². The van der Waals surface area contributed by atoms with E-state index in [4.69, 9.17) is 25.8 Å². The highest BCUT2D eigenvalue weighted by Crippen LogP contribution is 2.40. The van der Waals surface area contributed by atoms with Gasteiger partial charge in [0.25, 0.3) is 0 Å². The SMILES string of the molecule is O=C1OC[C@H]2O[C@H](Cl)C(F)(F)[C@@H]2OC(=O)c2cccc1c2. The topological polar surface area (TPSA) is 61.8 Å². The van der Waals surface area contributed by atoms with Crippen LogP contribution >= 0.6 is 11.6 Å². The second-order valence-corrected chi connectivity index (χ2v) is 5.07. The first kappa shape index (κ1) is 14.2. The first-order valence-corrected chi connectivity index (χ1v) is 6.49. The minimum Gasteiger partial charge on any atom is -0.459 e. The molecular weight excluding hydrogens is 310 g/mol. The van der Waals surface area contributed by atoms with Gasteiger partial charge in [-0.3, -0.25) is 0 Å². The summed E-state index contributed by atoms with van der Waals surface area (Å²) in [5.74, 6) is -5.30. The molecule has 0 N–H and O–H groups in total. The lowest BCUT2D eigenvalue weighted by Gasteiger charge is -2.23. The van der Waals surface area contributed by atoms with Crippen LogP contribution in [0, 0.1) is 0 Å². The molecule has 0 aromatic heterocycles. The predicted octanol–water partition coefficient (Wildman–Crippen LogP) is 1.98. The molecule has 0 amide bonds. The molecule has 3 rings (SSSR count). The fourth-order valence-electron chi connectivity index (χ4n) is 2.17. The molecule has 2 bridgehead atoms. The fraction of sp³-hybridized carbons (Fsp3) is 0.385. The van der Waals surface area contributed by atoms with Crippen LogP contribution in [0.1, 0.15) is 20.7 Å². The van der Waals surface area contributed by atoms with Gasteiger partial charge in [0.05, 0.1) is 11.1 Å². The zero-order valence-corrected chi connectivity index (χ0v) is 11.2. The van der Waals surface area contributed by atoms with E-state index < -0.39 is 42.2 Å². The van der Waals surface area contributed by atoms with Crippen LogP contribution in [0.5, 0.6) is 0 Å². The summed E-state index contributed by atoms with van der Waals surface area (Å²) >= 11 is 5.42. The zero-order chi connectivity index (χ0) is 15.2. The fourth-order valence-corrected chi connectivity index (χ4v) is 2.43. The molecule has 0 saturated carbocycles. The van der Waals surface area contributed by atoms with Gasteiger partial charge in [-0.25, -0.2) is 9.59 Å². The van der Waals surface area contributed by atoms with Crippen molar-refractivity contribution in [2.75, 3.05) is 6.61 Å². The van der Waals surface area contributed by atoms with Crippen LogP contribution in [-0.2, 0) is 14.2 Å². The monoisotopic (exact) mass is 318 g/mol. The Morgan fingerprint density at radius 1 is 1.19 bits per heavy atom. The van der Waals surface area contributed by atoms with Crippen molar-refractivity contribution in [2.45, 2.75) is 23.7 Å². The van der Waals surface area contributed by atoms with Gasteiger partial charge in [0.1, 0.15) is 12.7 Å². The van der Waals surface area contributed by atoms with Gasteiger partial charge >= 0.3 is 17.9 Å². The number of rotatable bonds is 0. The number of halogens is 3. The number of hydrogen-bond donors (Lipinski definition) is 0. The summed E-state index contributed by atoms with van der Waals surface area (Å²) in [6.07, 6.45) is -3.23. The normalized spacial score (nSPS) is 31.1. The molecule has 1 aromatic carbocycles. The van der Waals surface area contributed by atoms with Crippen LogP contribution in [0.25, 0.3) is 0 Å². The van der Waals surface area contributed by atoms with Crippen molar-refractivity contribution in [1.29, 1.82) is 0 Å². The minimum absolute atomic E-state index is 0.0288. The molecule has 3 atom stereocenters. The van der Waals surface area contributed by atoms with E-state index in [2.05, 4.69) is 0 Å². The van der Waals surface area contributed by atoms with Crippen molar-refractivity contribution in [1.82, 2.24) is 0 Å². The number of carbonyl (C=O) groups is 2. The van der Waals surface area contributed by atoms with Crippen molar-refractivity contribution in [3.8, 4) is 0 Å². The minimum atomic E-state index is -3.58. The predicted molar refractivity (Wildman–Crippen MR) is 65.4 cm³/mol. The van der Waals surface area contributed by atoms with Gasteiger partial charge in [-0.2, -0.15) is 8.78 Å². The number of cyclic esters (lactones) is 1. The largest absolute Gasteiger partial charge is 0.459 e. The Morgan fingerprint density at radius 3 is 2.57 bits per heavy atom. The van der Waals surface area contributed by atoms with E-state index in [1.807, 2.05) is 0 Å².